The van der Waals surface area contributed by atoms with E-state index in [1.807, 2.05) is 20.0 Å². The molecule has 2 rings (SSSR count). The zero-order chi connectivity index (χ0) is 11.3. The van der Waals surface area contributed by atoms with Gasteiger partial charge in [0.05, 0.1) is 5.52 Å². The van der Waals surface area contributed by atoms with Crippen LogP contribution in [0.3, 0.4) is 0 Å². The van der Waals surface area contributed by atoms with Crippen LogP contribution in [-0.2, 0) is 6.16 Å². The average molecular weight is 237 g/mol. The highest BCUT2D eigenvalue weighted by molar-refractivity contribution is 7.27. The second-order valence-corrected chi connectivity index (χ2v) is 4.07. The molecule has 1 nitrogen and oxygen atoms in total. The maximum Gasteiger partial charge on any atom is 0.0705 e. The van der Waals surface area contributed by atoms with Gasteiger partial charge >= 0.3 is 0 Å². The van der Waals surface area contributed by atoms with Crippen LogP contribution in [0.4, 0.5) is 0 Å². The first-order valence-corrected chi connectivity index (χ1v) is 6.53. The molecule has 0 bridgehead atoms. The van der Waals surface area contributed by atoms with E-state index in [9.17, 15) is 0 Å². The third-order valence-corrected chi connectivity index (χ3v) is 2.79. The monoisotopic (exact) mass is 237 g/mol. The fraction of sp³-hybridized carbons (Fsp3) is 0.250. The summed E-state index contributed by atoms with van der Waals surface area (Å²) in [7, 11) is 5.38. The van der Waals surface area contributed by atoms with Crippen LogP contribution in [0.1, 0.15) is 19.4 Å². The molecule has 15 heavy (non-hydrogen) atoms. The first-order valence-electron chi connectivity index (χ1n) is 5.14. The molecule has 0 saturated heterocycles. The molecule has 0 spiro atoms. The van der Waals surface area contributed by atoms with Crippen LogP contribution in [0.2, 0.25) is 0 Å². The molecule has 1 aromatic carbocycles. The van der Waals surface area contributed by atoms with Crippen LogP contribution in [0.15, 0.2) is 30.5 Å². The van der Waals surface area contributed by atoms with Crippen molar-refractivity contribution in [3.8, 4) is 0 Å². The van der Waals surface area contributed by atoms with E-state index < -0.39 is 0 Å². The average Bonchev–Trinajstić information content (AvgIpc) is 2.31. The minimum absolute atomic E-state index is 0.986. The second-order valence-electron chi connectivity index (χ2n) is 3.00. The summed E-state index contributed by atoms with van der Waals surface area (Å²) in [5.74, 6) is 0. The van der Waals surface area contributed by atoms with Crippen molar-refractivity contribution in [1.29, 1.82) is 0 Å². The van der Waals surface area contributed by atoms with E-state index in [2.05, 4.69) is 47.7 Å². The number of rotatable bonds is 1. The van der Waals surface area contributed by atoms with E-state index in [1.54, 1.807) is 0 Å². The van der Waals surface area contributed by atoms with E-state index >= 15 is 0 Å². The molecule has 0 amide bonds. The maximum absolute atomic E-state index is 4.36. The first-order chi connectivity index (χ1) is 7.29. The summed E-state index contributed by atoms with van der Waals surface area (Å²) in [6, 6.07) is 8.52. The van der Waals surface area contributed by atoms with Crippen LogP contribution in [0.5, 0.6) is 0 Å². The fourth-order valence-corrected chi connectivity index (χ4v) is 1.82. The fourth-order valence-electron chi connectivity index (χ4n) is 1.31. The van der Waals surface area contributed by atoms with E-state index in [0.29, 0.717) is 0 Å². The third kappa shape index (κ3) is 3.23. The Morgan fingerprint density at radius 3 is 2.60 bits per heavy atom. The molecule has 80 valence electrons. The number of nitrogens with zero attached hydrogens (tertiary/aromatic N) is 1. The molecule has 1 heterocycles. The van der Waals surface area contributed by atoms with Crippen molar-refractivity contribution < 1.29 is 0 Å². The Bertz CT molecular complexity index is 441. The lowest BCUT2D eigenvalue weighted by Crippen LogP contribution is -1.92. The summed E-state index contributed by atoms with van der Waals surface area (Å²) in [4.78, 5) is 4.36. The van der Waals surface area contributed by atoms with Crippen LogP contribution < -0.4 is 5.30 Å². The molecule has 0 aliphatic heterocycles. The van der Waals surface area contributed by atoms with Crippen molar-refractivity contribution in [1.82, 2.24) is 4.98 Å². The van der Waals surface area contributed by atoms with Gasteiger partial charge in [0.1, 0.15) is 0 Å². The summed E-state index contributed by atoms with van der Waals surface area (Å²) < 4.78 is 0. The lowest BCUT2D eigenvalue weighted by Gasteiger charge is -2.00. The quantitative estimate of drug-likeness (QED) is 0.694. The lowest BCUT2D eigenvalue weighted by molar-refractivity contribution is 1.38. The Labute approximate surface area is 96.1 Å². The highest BCUT2D eigenvalue weighted by Gasteiger charge is 1.96. The van der Waals surface area contributed by atoms with Crippen molar-refractivity contribution in [2.24, 2.45) is 0 Å². The van der Waals surface area contributed by atoms with Crippen molar-refractivity contribution in [3.63, 3.8) is 0 Å². The molecule has 0 aliphatic rings. The second kappa shape index (κ2) is 6.16. The number of benzene rings is 1. The van der Waals surface area contributed by atoms with Gasteiger partial charge in [0, 0.05) is 11.6 Å². The topological polar surface area (TPSA) is 12.9 Å². The Hall–Kier alpha value is -0.510. The van der Waals surface area contributed by atoms with Gasteiger partial charge in [-0.1, -0.05) is 26.0 Å². The Morgan fingerprint density at radius 2 is 1.93 bits per heavy atom. The van der Waals surface area contributed by atoms with E-state index in [1.165, 1.54) is 10.9 Å². The SMILES string of the molecule is CC.PCc1ccc2cc(P)cnc2c1. The summed E-state index contributed by atoms with van der Waals surface area (Å²) in [6.45, 7) is 4.00. The molecule has 0 fully saturated rings. The Kier molecular flexibility index (Phi) is 5.15. The molecular formula is C12H17NP2. The van der Waals surface area contributed by atoms with Crippen molar-refractivity contribution in [3.05, 3.63) is 36.0 Å². The lowest BCUT2D eigenvalue weighted by atomic mass is 10.1. The van der Waals surface area contributed by atoms with Gasteiger partial charge in [-0.25, -0.2) is 0 Å². The smallest absolute Gasteiger partial charge is 0.0705 e. The summed E-state index contributed by atoms with van der Waals surface area (Å²) >= 11 is 0. The van der Waals surface area contributed by atoms with Gasteiger partial charge < -0.3 is 0 Å². The van der Waals surface area contributed by atoms with Gasteiger partial charge in [0.2, 0.25) is 0 Å². The van der Waals surface area contributed by atoms with E-state index in [4.69, 9.17) is 0 Å². The molecule has 2 aromatic rings. The molecule has 2 unspecified atom stereocenters. The minimum atomic E-state index is 0.986. The Balaban J connectivity index is 0.000000531. The zero-order valence-electron chi connectivity index (χ0n) is 9.20. The predicted octanol–water partition coefficient (Wildman–Crippen LogP) is 3.14. The Morgan fingerprint density at radius 1 is 1.20 bits per heavy atom. The highest BCUT2D eigenvalue weighted by Crippen LogP contribution is 2.14. The van der Waals surface area contributed by atoms with Gasteiger partial charge in [-0.15, -0.1) is 18.5 Å². The molecule has 0 radical (unpaired) electrons. The number of fused-ring (bicyclic) bond motifs is 1. The molecule has 1 aromatic heterocycles. The number of hydrogen-bond donors (Lipinski definition) is 0. The van der Waals surface area contributed by atoms with Crippen molar-refractivity contribution >= 4 is 34.7 Å². The number of aromatic nitrogens is 1. The molecular weight excluding hydrogens is 220 g/mol. The van der Waals surface area contributed by atoms with Crippen LogP contribution in [0.25, 0.3) is 10.9 Å². The van der Waals surface area contributed by atoms with Gasteiger partial charge in [0.15, 0.2) is 0 Å². The molecule has 0 aliphatic carbocycles. The summed E-state index contributed by atoms with van der Waals surface area (Å²) in [5.41, 5.74) is 2.38. The third-order valence-electron chi connectivity index (χ3n) is 2.01. The molecule has 0 N–H and O–H groups in total. The summed E-state index contributed by atoms with van der Waals surface area (Å²) in [6.07, 6.45) is 2.86. The predicted molar refractivity (Wildman–Crippen MR) is 75.8 cm³/mol. The van der Waals surface area contributed by atoms with Crippen LogP contribution in [0, 0.1) is 0 Å². The number of pyridine rings is 1. The van der Waals surface area contributed by atoms with E-state index in [-0.39, 0.29) is 0 Å². The highest BCUT2D eigenvalue weighted by atomic mass is 31.0. The van der Waals surface area contributed by atoms with Gasteiger partial charge in [-0.05, 0) is 29.2 Å². The maximum atomic E-state index is 4.36. The molecule has 2 atom stereocenters. The normalized spacial score (nSPS) is 9.60. The van der Waals surface area contributed by atoms with Gasteiger partial charge in [-0.2, -0.15) is 0 Å². The van der Waals surface area contributed by atoms with Gasteiger partial charge in [-0.3, -0.25) is 4.98 Å². The number of hydrogen-bond acceptors (Lipinski definition) is 1. The van der Waals surface area contributed by atoms with Crippen LogP contribution in [-0.4, -0.2) is 4.98 Å². The van der Waals surface area contributed by atoms with Crippen LogP contribution >= 0.6 is 18.5 Å². The minimum Gasteiger partial charge on any atom is -0.256 e. The molecule has 3 heteroatoms. The zero-order valence-corrected chi connectivity index (χ0v) is 11.5. The van der Waals surface area contributed by atoms with Crippen molar-refractivity contribution in [2.75, 3.05) is 0 Å². The van der Waals surface area contributed by atoms with E-state index in [0.717, 1.165) is 17.0 Å². The summed E-state index contributed by atoms with van der Waals surface area (Å²) in [5, 5.41) is 2.33. The molecule has 0 saturated carbocycles. The first kappa shape index (κ1) is 12.6. The standard InChI is InChI=1S/C10H11NP2.C2H6/c12-6-7-1-2-8-4-9(13)5-11-10(8)3-7;1-2/h1-5H,6,12-13H2;1-2H3. The largest absolute Gasteiger partial charge is 0.256 e. The van der Waals surface area contributed by atoms with Crippen molar-refractivity contribution in [2.45, 2.75) is 20.0 Å². The van der Waals surface area contributed by atoms with Gasteiger partial charge in [0.25, 0.3) is 0 Å².